The largest absolute Gasteiger partial charge is 0.371 e. The van der Waals surface area contributed by atoms with Gasteiger partial charge in [0.1, 0.15) is 0 Å². The first-order chi connectivity index (χ1) is 5.95. The Labute approximate surface area is 85.7 Å². The summed E-state index contributed by atoms with van der Waals surface area (Å²) in [7, 11) is 0. The number of benzene rings is 1. The van der Waals surface area contributed by atoms with E-state index >= 15 is 0 Å². The third-order valence-corrected chi connectivity index (χ3v) is 3.33. The van der Waals surface area contributed by atoms with Crippen LogP contribution in [0.25, 0.3) is 0 Å². The lowest BCUT2D eigenvalue weighted by atomic mass is 10.1. The minimum Gasteiger partial charge on any atom is -0.371 e. The molecule has 2 N–H and O–H groups in total. The summed E-state index contributed by atoms with van der Waals surface area (Å²) in [6.45, 7) is 0. The first-order valence-electron chi connectivity index (χ1n) is 3.86. The zero-order valence-electron chi connectivity index (χ0n) is 6.67. The van der Waals surface area contributed by atoms with E-state index in [9.17, 15) is 10.2 Å². The Morgan fingerprint density at radius 3 is 2.38 bits per heavy atom. The molecule has 0 saturated carbocycles. The number of rotatable bonds is 0. The molecule has 2 atom stereocenters. The van der Waals surface area contributed by atoms with Crippen molar-refractivity contribution < 1.29 is 10.2 Å². The zero-order valence-corrected chi connectivity index (χ0v) is 8.18. The van der Waals surface area contributed by atoms with Crippen LogP contribution in [0.4, 0.5) is 0 Å². The summed E-state index contributed by atoms with van der Waals surface area (Å²) in [5.41, 5.74) is 1.26. The second kappa shape index (κ2) is 2.61. The van der Waals surface area contributed by atoms with Crippen molar-refractivity contribution in [2.24, 2.45) is 0 Å². The molecule has 1 aromatic rings. The Hall–Kier alpha value is -0.280. The number of fused-ring (bicyclic) bond motifs is 1. The molecule has 1 aliphatic carbocycles. The average molecular weight is 219 g/mol. The van der Waals surface area contributed by atoms with Crippen LogP contribution >= 0.6 is 23.2 Å². The smallest absolute Gasteiger partial charge is 0.208 e. The lowest BCUT2D eigenvalue weighted by Crippen LogP contribution is -2.39. The monoisotopic (exact) mass is 218 g/mol. The number of hydrogen-bond donors (Lipinski definition) is 2. The topological polar surface area (TPSA) is 40.5 Å². The molecule has 70 valence electrons. The molecule has 13 heavy (non-hydrogen) atoms. The molecular formula is C9H8Cl2O2. The SMILES string of the molecule is OC1(Cl)Cc2ccccc2C1(O)Cl. The van der Waals surface area contributed by atoms with Gasteiger partial charge in [-0.05, 0) is 5.56 Å². The van der Waals surface area contributed by atoms with Gasteiger partial charge in [0.15, 0.2) is 5.06 Å². The summed E-state index contributed by atoms with van der Waals surface area (Å²) in [6.07, 6.45) is 0.157. The van der Waals surface area contributed by atoms with Crippen molar-refractivity contribution in [3.05, 3.63) is 35.4 Å². The Balaban J connectivity index is 2.60. The molecule has 0 fully saturated rings. The normalized spacial score (nSPS) is 37.5. The van der Waals surface area contributed by atoms with Crippen LogP contribution in [0.5, 0.6) is 0 Å². The Morgan fingerprint density at radius 2 is 1.77 bits per heavy atom. The molecule has 0 aliphatic heterocycles. The zero-order chi connectivity index (χ0) is 9.69. The van der Waals surface area contributed by atoms with E-state index in [2.05, 4.69) is 0 Å². The molecule has 1 aliphatic rings. The number of halogens is 2. The van der Waals surface area contributed by atoms with E-state index in [1.807, 2.05) is 6.07 Å². The molecule has 0 bridgehead atoms. The van der Waals surface area contributed by atoms with Gasteiger partial charge in [0, 0.05) is 12.0 Å². The molecule has 2 nitrogen and oxygen atoms in total. The predicted molar refractivity (Wildman–Crippen MR) is 50.7 cm³/mol. The van der Waals surface area contributed by atoms with Gasteiger partial charge in [-0.1, -0.05) is 47.5 Å². The van der Waals surface area contributed by atoms with Crippen LogP contribution in [0.1, 0.15) is 11.1 Å². The van der Waals surface area contributed by atoms with Gasteiger partial charge in [-0.25, -0.2) is 0 Å². The minimum atomic E-state index is -1.88. The molecule has 0 saturated heterocycles. The Morgan fingerprint density at radius 1 is 1.15 bits per heavy atom. The summed E-state index contributed by atoms with van der Waals surface area (Å²) in [4.78, 5) is 0. The molecule has 4 heteroatoms. The van der Waals surface area contributed by atoms with Crippen LogP contribution in [-0.2, 0) is 11.5 Å². The van der Waals surface area contributed by atoms with Gasteiger partial charge in [-0.2, -0.15) is 0 Å². The van der Waals surface area contributed by atoms with Crippen LogP contribution in [0.15, 0.2) is 24.3 Å². The molecule has 2 unspecified atom stereocenters. The molecule has 0 amide bonds. The minimum absolute atomic E-state index is 0.157. The summed E-state index contributed by atoms with van der Waals surface area (Å²) in [6, 6.07) is 6.99. The highest BCUT2D eigenvalue weighted by Crippen LogP contribution is 2.49. The van der Waals surface area contributed by atoms with Crippen molar-refractivity contribution in [1.29, 1.82) is 0 Å². The van der Waals surface area contributed by atoms with Gasteiger partial charge in [0.05, 0.1) is 0 Å². The van der Waals surface area contributed by atoms with Gasteiger partial charge >= 0.3 is 0 Å². The molecule has 0 spiro atoms. The summed E-state index contributed by atoms with van der Waals surface area (Å²) >= 11 is 11.5. The predicted octanol–water partition coefficient (Wildman–Crippen LogP) is 1.55. The van der Waals surface area contributed by atoms with Gasteiger partial charge in [0.25, 0.3) is 0 Å². The van der Waals surface area contributed by atoms with E-state index in [-0.39, 0.29) is 6.42 Å². The maximum atomic E-state index is 9.76. The van der Waals surface area contributed by atoms with E-state index in [0.29, 0.717) is 5.56 Å². The van der Waals surface area contributed by atoms with Crippen LogP contribution < -0.4 is 0 Å². The Bertz CT molecular complexity index is 347. The van der Waals surface area contributed by atoms with Crippen molar-refractivity contribution >= 4 is 23.2 Å². The van der Waals surface area contributed by atoms with E-state index in [4.69, 9.17) is 23.2 Å². The van der Waals surface area contributed by atoms with E-state index in [1.165, 1.54) is 0 Å². The molecular weight excluding hydrogens is 211 g/mol. The standard InChI is InChI=1S/C9H8Cl2O2/c10-8(12)5-6-3-1-2-4-7(6)9(8,11)13/h1-4,12-13H,5H2. The van der Waals surface area contributed by atoms with Crippen LogP contribution in [0, 0.1) is 0 Å². The fourth-order valence-electron chi connectivity index (χ4n) is 1.57. The summed E-state index contributed by atoms with van der Waals surface area (Å²) < 4.78 is 0. The third-order valence-electron chi connectivity index (χ3n) is 2.31. The van der Waals surface area contributed by atoms with Crippen LogP contribution in [0.3, 0.4) is 0 Å². The van der Waals surface area contributed by atoms with Crippen LogP contribution in [0.2, 0.25) is 0 Å². The fourth-order valence-corrected chi connectivity index (χ4v) is 2.07. The van der Waals surface area contributed by atoms with Crippen LogP contribution in [-0.4, -0.2) is 15.3 Å². The van der Waals surface area contributed by atoms with Crippen molar-refractivity contribution in [2.45, 2.75) is 16.5 Å². The van der Waals surface area contributed by atoms with Crippen molar-refractivity contribution in [3.63, 3.8) is 0 Å². The molecule has 2 rings (SSSR count). The van der Waals surface area contributed by atoms with E-state index in [0.717, 1.165) is 5.56 Å². The van der Waals surface area contributed by atoms with Crippen molar-refractivity contribution in [2.75, 3.05) is 0 Å². The number of hydrogen-bond acceptors (Lipinski definition) is 2. The lowest BCUT2D eigenvalue weighted by Gasteiger charge is -2.27. The second-order valence-corrected chi connectivity index (χ2v) is 4.39. The highest BCUT2D eigenvalue weighted by atomic mass is 35.5. The third kappa shape index (κ3) is 1.17. The van der Waals surface area contributed by atoms with Gasteiger partial charge < -0.3 is 10.2 Å². The number of alkyl halides is 2. The lowest BCUT2D eigenvalue weighted by molar-refractivity contribution is -0.0335. The Kier molecular flexibility index (Phi) is 1.86. The average Bonchev–Trinajstić information content (AvgIpc) is 2.20. The molecule has 1 aromatic carbocycles. The van der Waals surface area contributed by atoms with Gasteiger partial charge in [-0.15, -0.1) is 0 Å². The first-order valence-corrected chi connectivity index (χ1v) is 4.62. The highest BCUT2D eigenvalue weighted by Gasteiger charge is 2.54. The van der Waals surface area contributed by atoms with E-state index in [1.54, 1.807) is 18.2 Å². The van der Waals surface area contributed by atoms with Crippen molar-refractivity contribution in [1.82, 2.24) is 0 Å². The fraction of sp³-hybridized carbons (Fsp3) is 0.333. The highest BCUT2D eigenvalue weighted by molar-refractivity contribution is 6.33. The number of aliphatic hydroxyl groups is 2. The maximum Gasteiger partial charge on any atom is 0.208 e. The van der Waals surface area contributed by atoms with Crippen molar-refractivity contribution in [3.8, 4) is 0 Å². The van der Waals surface area contributed by atoms with E-state index < -0.39 is 10.1 Å². The summed E-state index contributed by atoms with van der Waals surface area (Å²) in [5, 5.41) is 15.7. The molecule has 0 aromatic heterocycles. The molecule has 0 radical (unpaired) electrons. The molecule has 0 heterocycles. The van der Waals surface area contributed by atoms with Gasteiger partial charge in [0.2, 0.25) is 5.06 Å². The maximum absolute atomic E-state index is 9.76. The quantitative estimate of drug-likeness (QED) is 0.650. The second-order valence-electron chi connectivity index (χ2n) is 3.22. The summed E-state index contributed by atoms with van der Waals surface area (Å²) in [5.74, 6) is 0. The first kappa shape index (κ1) is 9.28. The van der Waals surface area contributed by atoms with Gasteiger partial charge in [-0.3, -0.25) is 0 Å².